The number of hydrogen-bond donors (Lipinski definition) is 2. The van der Waals surface area contributed by atoms with E-state index in [1.807, 2.05) is 50.2 Å². The van der Waals surface area contributed by atoms with Gasteiger partial charge in [0.05, 0.1) is 17.9 Å². The van der Waals surface area contributed by atoms with Crippen molar-refractivity contribution in [3.63, 3.8) is 0 Å². The number of nitrogens with zero attached hydrogens (tertiary/aromatic N) is 5. The van der Waals surface area contributed by atoms with Crippen LogP contribution in [0.4, 0.5) is 5.82 Å². The Balaban J connectivity index is 1.77. The average molecular weight is 421 g/mol. The van der Waals surface area contributed by atoms with Crippen LogP contribution in [0.25, 0.3) is 0 Å². The van der Waals surface area contributed by atoms with Crippen molar-refractivity contribution in [3.8, 4) is 6.07 Å². The van der Waals surface area contributed by atoms with Gasteiger partial charge in [-0.3, -0.25) is 9.59 Å². The molecule has 0 saturated heterocycles. The largest absolute Gasteiger partial charge is 0.364 e. The number of rotatable bonds is 7. The van der Waals surface area contributed by atoms with E-state index in [0.29, 0.717) is 17.1 Å². The number of benzene rings is 1. The molecule has 0 aliphatic heterocycles. The molecule has 2 aromatic heterocycles. The Morgan fingerprint density at radius 1 is 1.27 bits per heavy atom. The van der Waals surface area contributed by atoms with Gasteiger partial charge in [0.25, 0.3) is 5.91 Å². The Morgan fingerprint density at radius 2 is 2.00 bits per heavy atom. The van der Waals surface area contributed by atoms with Crippen LogP contribution in [0.15, 0.2) is 41.4 Å². The van der Waals surface area contributed by atoms with Crippen molar-refractivity contribution in [2.24, 2.45) is 5.73 Å². The lowest BCUT2D eigenvalue weighted by Crippen LogP contribution is -2.22. The summed E-state index contributed by atoms with van der Waals surface area (Å²) in [6.45, 7) is 3.95. The van der Waals surface area contributed by atoms with Crippen LogP contribution in [-0.4, -0.2) is 37.5 Å². The number of carbonyl (C=O) groups excluding carboxylic acids is 2. The molecule has 0 radical (unpaired) electrons. The third kappa shape index (κ3) is 4.82. The fourth-order valence-electron chi connectivity index (χ4n) is 2.81. The molecule has 0 aliphatic carbocycles. The predicted octanol–water partition coefficient (Wildman–Crippen LogP) is 2.04. The van der Waals surface area contributed by atoms with E-state index in [1.54, 1.807) is 0 Å². The molecule has 1 aromatic carbocycles. The molecule has 0 spiro atoms. The molecule has 0 bridgehead atoms. The van der Waals surface area contributed by atoms with E-state index in [4.69, 9.17) is 5.73 Å². The molecule has 2 heterocycles. The van der Waals surface area contributed by atoms with E-state index in [2.05, 4.69) is 26.7 Å². The van der Waals surface area contributed by atoms with Gasteiger partial charge in [0, 0.05) is 5.69 Å². The summed E-state index contributed by atoms with van der Waals surface area (Å²) in [5, 5.41) is 20.2. The van der Waals surface area contributed by atoms with Gasteiger partial charge in [0.15, 0.2) is 11.5 Å². The fraction of sp³-hybridized carbons (Fsp3) is 0.200. The average Bonchev–Trinajstić information content (AvgIpc) is 3.09. The van der Waals surface area contributed by atoms with Crippen LogP contribution in [0.5, 0.6) is 0 Å². The Bertz CT molecular complexity index is 1140. The maximum atomic E-state index is 12.6. The first-order valence-electron chi connectivity index (χ1n) is 8.97. The highest BCUT2D eigenvalue weighted by atomic mass is 32.2. The van der Waals surface area contributed by atoms with Crippen molar-refractivity contribution in [2.45, 2.75) is 25.4 Å². The van der Waals surface area contributed by atoms with Gasteiger partial charge in [0.2, 0.25) is 5.91 Å². The third-order valence-electron chi connectivity index (χ3n) is 4.16. The summed E-state index contributed by atoms with van der Waals surface area (Å²) in [4.78, 5) is 28.6. The number of nitriles is 1. The highest BCUT2D eigenvalue weighted by molar-refractivity contribution is 8.00. The van der Waals surface area contributed by atoms with E-state index in [1.165, 1.54) is 4.68 Å². The Morgan fingerprint density at radius 3 is 2.67 bits per heavy atom. The zero-order valence-corrected chi connectivity index (χ0v) is 17.2. The summed E-state index contributed by atoms with van der Waals surface area (Å²) in [7, 11) is 0. The van der Waals surface area contributed by atoms with Crippen molar-refractivity contribution in [3.05, 3.63) is 64.5 Å². The Labute approximate surface area is 177 Å². The van der Waals surface area contributed by atoms with Gasteiger partial charge in [0.1, 0.15) is 11.1 Å². The minimum Gasteiger partial charge on any atom is -0.364 e. The molecule has 0 atom stereocenters. The van der Waals surface area contributed by atoms with E-state index < -0.39 is 11.8 Å². The van der Waals surface area contributed by atoms with Gasteiger partial charge in [-0.05, 0) is 31.0 Å². The normalized spacial score (nSPS) is 10.4. The van der Waals surface area contributed by atoms with Gasteiger partial charge in [-0.15, -0.1) is 5.10 Å². The van der Waals surface area contributed by atoms with Gasteiger partial charge in [-0.25, -0.2) is 9.67 Å². The van der Waals surface area contributed by atoms with Gasteiger partial charge in [-0.2, -0.15) is 5.26 Å². The molecule has 3 aromatic rings. The minimum atomic E-state index is -0.792. The minimum absolute atomic E-state index is 0.0146. The van der Waals surface area contributed by atoms with E-state index in [0.717, 1.165) is 28.6 Å². The monoisotopic (exact) mass is 421 g/mol. The molecule has 0 saturated carbocycles. The molecule has 0 unspecified atom stereocenters. The molecule has 9 nitrogen and oxygen atoms in total. The first kappa shape index (κ1) is 21.0. The van der Waals surface area contributed by atoms with Crippen LogP contribution in [0.3, 0.4) is 0 Å². The standard InChI is InChI=1S/C20H19N7O2S/c1-12-8-13(2)23-20(15(12)9-21)30-11-16(28)24-19-17(18(22)29)25-26-27(19)10-14-6-4-3-5-7-14/h3-8H,10-11H2,1-2H3,(H2,22,29)(H,24,28). The summed E-state index contributed by atoms with van der Waals surface area (Å²) >= 11 is 1.14. The van der Waals surface area contributed by atoms with Crippen LogP contribution < -0.4 is 11.1 Å². The summed E-state index contributed by atoms with van der Waals surface area (Å²) in [5.74, 6) is -1.07. The van der Waals surface area contributed by atoms with E-state index in [-0.39, 0.29) is 17.3 Å². The maximum Gasteiger partial charge on any atom is 0.273 e. The van der Waals surface area contributed by atoms with Crippen molar-refractivity contribution < 1.29 is 9.59 Å². The number of primary amides is 1. The van der Waals surface area contributed by atoms with Crippen molar-refractivity contribution in [1.29, 1.82) is 5.26 Å². The number of anilines is 1. The number of thioether (sulfide) groups is 1. The molecule has 10 heteroatoms. The highest BCUT2D eigenvalue weighted by Crippen LogP contribution is 2.24. The lowest BCUT2D eigenvalue weighted by molar-refractivity contribution is -0.113. The van der Waals surface area contributed by atoms with Crippen LogP contribution in [0, 0.1) is 25.2 Å². The second-order valence-electron chi connectivity index (χ2n) is 6.50. The molecule has 3 N–H and O–H groups in total. The lowest BCUT2D eigenvalue weighted by atomic mass is 10.1. The smallest absolute Gasteiger partial charge is 0.273 e. The number of nitrogens with one attached hydrogen (secondary N) is 1. The molecule has 3 rings (SSSR count). The van der Waals surface area contributed by atoms with Crippen molar-refractivity contribution in [2.75, 3.05) is 11.1 Å². The molecular weight excluding hydrogens is 402 g/mol. The van der Waals surface area contributed by atoms with Crippen LogP contribution in [-0.2, 0) is 11.3 Å². The number of amides is 2. The number of hydrogen-bond acceptors (Lipinski definition) is 7. The number of aryl methyl sites for hydroxylation is 2. The van der Waals surface area contributed by atoms with Crippen molar-refractivity contribution in [1.82, 2.24) is 20.0 Å². The van der Waals surface area contributed by atoms with Gasteiger partial charge in [-0.1, -0.05) is 47.3 Å². The lowest BCUT2D eigenvalue weighted by Gasteiger charge is -2.10. The summed E-state index contributed by atoms with van der Waals surface area (Å²) in [6, 6.07) is 13.4. The molecule has 30 heavy (non-hydrogen) atoms. The fourth-order valence-corrected chi connectivity index (χ4v) is 3.71. The highest BCUT2D eigenvalue weighted by Gasteiger charge is 2.20. The Hall–Kier alpha value is -3.71. The summed E-state index contributed by atoms with van der Waals surface area (Å²) in [6.07, 6.45) is 0. The van der Waals surface area contributed by atoms with Crippen LogP contribution in [0.1, 0.15) is 32.9 Å². The molecule has 152 valence electrons. The quantitative estimate of drug-likeness (QED) is 0.556. The van der Waals surface area contributed by atoms with Crippen molar-refractivity contribution >= 4 is 29.4 Å². The van der Waals surface area contributed by atoms with E-state index in [9.17, 15) is 14.9 Å². The van der Waals surface area contributed by atoms with Crippen LogP contribution >= 0.6 is 11.8 Å². The first-order chi connectivity index (χ1) is 14.4. The topological polar surface area (TPSA) is 140 Å². The molecule has 0 aliphatic rings. The third-order valence-corrected chi connectivity index (χ3v) is 5.14. The zero-order chi connectivity index (χ0) is 21.7. The number of carbonyl (C=O) groups is 2. The zero-order valence-electron chi connectivity index (χ0n) is 16.4. The van der Waals surface area contributed by atoms with Crippen LogP contribution in [0.2, 0.25) is 0 Å². The first-order valence-corrected chi connectivity index (χ1v) is 9.95. The molecule has 0 fully saturated rings. The number of pyridine rings is 1. The predicted molar refractivity (Wildman–Crippen MR) is 112 cm³/mol. The SMILES string of the molecule is Cc1cc(C)c(C#N)c(SCC(=O)Nc2c(C(N)=O)nnn2Cc2ccccc2)n1. The summed E-state index contributed by atoms with van der Waals surface area (Å²) in [5.41, 5.74) is 8.17. The maximum absolute atomic E-state index is 12.6. The van der Waals surface area contributed by atoms with E-state index >= 15 is 0 Å². The second-order valence-corrected chi connectivity index (χ2v) is 7.47. The second kappa shape index (κ2) is 9.19. The number of aromatic nitrogens is 4. The van der Waals surface area contributed by atoms with Gasteiger partial charge >= 0.3 is 0 Å². The number of nitrogens with two attached hydrogens (primary N) is 1. The Kier molecular flexibility index (Phi) is 6.44. The molecule has 2 amide bonds. The van der Waals surface area contributed by atoms with Gasteiger partial charge < -0.3 is 11.1 Å². The summed E-state index contributed by atoms with van der Waals surface area (Å²) < 4.78 is 1.41. The molecular formula is C20H19N7O2S.